The summed E-state index contributed by atoms with van der Waals surface area (Å²) in [6.45, 7) is 4.14. The fraction of sp³-hybridized carbons (Fsp3) is 0.500. The van der Waals surface area contributed by atoms with E-state index in [0.29, 0.717) is 18.7 Å². The Morgan fingerprint density at radius 2 is 1.87 bits per heavy atom. The van der Waals surface area contributed by atoms with E-state index in [4.69, 9.17) is 0 Å². The second-order valence-corrected chi connectivity index (χ2v) is 5.20. The molecule has 4 nitrogen and oxygen atoms in total. The number of nitrogens with zero attached hydrogens (tertiary/aromatic N) is 2. The zero-order valence-electron chi connectivity index (χ0n) is 9.05. The van der Waals surface area contributed by atoms with Gasteiger partial charge in [-0.15, -0.1) is 0 Å². The molecule has 84 valence electrons. The third-order valence-electron chi connectivity index (χ3n) is 2.04. The predicted octanol–water partition coefficient (Wildman–Crippen LogP) is 1.65. The van der Waals surface area contributed by atoms with Crippen molar-refractivity contribution in [3.8, 4) is 0 Å². The molecule has 0 saturated heterocycles. The molecule has 1 aromatic rings. The van der Waals surface area contributed by atoms with Crippen molar-refractivity contribution < 1.29 is 8.42 Å². The first-order valence-corrected chi connectivity index (χ1v) is 6.63. The lowest BCUT2D eigenvalue weighted by molar-refractivity contribution is 0.590. The zero-order chi connectivity index (χ0) is 11.3. The number of anilines is 1. The molecule has 0 radical (unpaired) electrons. The van der Waals surface area contributed by atoms with Gasteiger partial charge in [0.05, 0.1) is 11.4 Å². The molecular weight excluding hydrogens is 212 g/mol. The Kier molecular flexibility index (Phi) is 4.08. The molecule has 0 atom stereocenters. The summed E-state index contributed by atoms with van der Waals surface area (Å²) in [5.41, 5.74) is 0.681. The van der Waals surface area contributed by atoms with Crippen LogP contribution in [0.1, 0.15) is 20.3 Å². The second-order valence-electron chi connectivity index (χ2n) is 3.19. The summed E-state index contributed by atoms with van der Waals surface area (Å²) in [6.07, 6.45) is 3.82. The van der Waals surface area contributed by atoms with Gasteiger partial charge in [0.25, 0.3) is 0 Å². The molecule has 5 heteroatoms. The van der Waals surface area contributed by atoms with Gasteiger partial charge in [0.1, 0.15) is 0 Å². The van der Waals surface area contributed by atoms with E-state index in [1.165, 1.54) is 4.31 Å². The number of hydrogen-bond acceptors (Lipinski definition) is 3. The molecule has 1 rings (SSSR count). The van der Waals surface area contributed by atoms with Gasteiger partial charge in [-0.05, 0) is 25.5 Å². The number of pyridine rings is 1. The van der Waals surface area contributed by atoms with Gasteiger partial charge in [0, 0.05) is 18.9 Å². The molecule has 0 fully saturated rings. The smallest absolute Gasteiger partial charge is 0.235 e. The lowest BCUT2D eigenvalue weighted by atomic mass is 10.4. The molecule has 0 amide bonds. The normalized spacial score (nSPS) is 11.3. The van der Waals surface area contributed by atoms with Crippen LogP contribution in [0.5, 0.6) is 0 Å². The Balaban J connectivity index is 3.00. The van der Waals surface area contributed by atoms with Crippen molar-refractivity contribution in [2.24, 2.45) is 0 Å². The monoisotopic (exact) mass is 228 g/mol. The van der Waals surface area contributed by atoms with Crippen LogP contribution in [0.25, 0.3) is 0 Å². The topological polar surface area (TPSA) is 50.3 Å². The molecule has 0 saturated carbocycles. The van der Waals surface area contributed by atoms with Crippen molar-refractivity contribution in [2.75, 3.05) is 16.6 Å². The largest absolute Gasteiger partial charge is 0.270 e. The molecular formula is C10H16N2O2S. The summed E-state index contributed by atoms with van der Waals surface area (Å²) in [6, 6.07) is 3.41. The highest BCUT2D eigenvalue weighted by atomic mass is 32.2. The molecule has 0 aliphatic heterocycles. The first kappa shape index (κ1) is 12.0. The van der Waals surface area contributed by atoms with E-state index in [0.717, 1.165) is 0 Å². The number of aromatic nitrogens is 1. The van der Waals surface area contributed by atoms with E-state index in [9.17, 15) is 8.42 Å². The van der Waals surface area contributed by atoms with Crippen molar-refractivity contribution >= 4 is 15.7 Å². The van der Waals surface area contributed by atoms with Crippen LogP contribution in [0.15, 0.2) is 24.5 Å². The maximum Gasteiger partial charge on any atom is 0.235 e. The fourth-order valence-electron chi connectivity index (χ4n) is 1.42. The highest BCUT2D eigenvalue weighted by Crippen LogP contribution is 2.16. The number of hydrogen-bond donors (Lipinski definition) is 0. The maximum absolute atomic E-state index is 11.9. The van der Waals surface area contributed by atoms with E-state index in [1.807, 2.05) is 13.8 Å². The molecule has 0 aliphatic rings. The zero-order valence-corrected chi connectivity index (χ0v) is 9.87. The Morgan fingerprint density at radius 3 is 2.33 bits per heavy atom. The van der Waals surface area contributed by atoms with Crippen LogP contribution in [0.3, 0.4) is 0 Å². The Bertz CT molecular complexity index is 389. The molecule has 15 heavy (non-hydrogen) atoms. The van der Waals surface area contributed by atoms with Gasteiger partial charge in [-0.2, -0.15) is 0 Å². The summed E-state index contributed by atoms with van der Waals surface area (Å²) in [4.78, 5) is 3.87. The van der Waals surface area contributed by atoms with Gasteiger partial charge in [-0.3, -0.25) is 9.29 Å². The van der Waals surface area contributed by atoms with E-state index >= 15 is 0 Å². The highest BCUT2D eigenvalue weighted by molar-refractivity contribution is 7.92. The van der Waals surface area contributed by atoms with Gasteiger partial charge in [0.2, 0.25) is 10.0 Å². The van der Waals surface area contributed by atoms with E-state index < -0.39 is 10.0 Å². The summed E-state index contributed by atoms with van der Waals surface area (Å²) in [7, 11) is -3.17. The van der Waals surface area contributed by atoms with Crippen molar-refractivity contribution in [1.82, 2.24) is 4.98 Å². The minimum absolute atomic E-state index is 0.184. The summed E-state index contributed by atoms with van der Waals surface area (Å²) in [5.74, 6) is 0.184. The first-order valence-electron chi connectivity index (χ1n) is 5.02. The first-order chi connectivity index (χ1) is 7.11. The van der Waals surface area contributed by atoms with Crippen LogP contribution >= 0.6 is 0 Å². The fourth-order valence-corrected chi connectivity index (χ4v) is 2.99. The lowest BCUT2D eigenvalue weighted by Crippen LogP contribution is -2.32. The van der Waals surface area contributed by atoms with Crippen molar-refractivity contribution in [3.05, 3.63) is 24.5 Å². The Hall–Kier alpha value is -1.10. The highest BCUT2D eigenvalue weighted by Gasteiger charge is 2.19. The van der Waals surface area contributed by atoms with Gasteiger partial charge in [-0.1, -0.05) is 6.92 Å². The molecule has 0 bridgehead atoms. The van der Waals surface area contributed by atoms with Gasteiger partial charge >= 0.3 is 0 Å². The minimum Gasteiger partial charge on any atom is -0.270 e. The Morgan fingerprint density at radius 1 is 1.27 bits per heavy atom. The van der Waals surface area contributed by atoms with E-state index in [1.54, 1.807) is 24.5 Å². The van der Waals surface area contributed by atoms with Gasteiger partial charge in [-0.25, -0.2) is 8.42 Å². The van der Waals surface area contributed by atoms with Crippen LogP contribution < -0.4 is 4.31 Å². The molecule has 0 aliphatic carbocycles. The summed E-state index contributed by atoms with van der Waals surface area (Å²) in [5, 5.41) is 0. The van der Waals surface area contributed by atoms with Gasteiger partial charge in [0.15, 0.2) is 0 Å². The second kappa shape index (κ2) is 5.11. The third kappa shape index (κ3) is 2.92. The van der Waals surface area contributed by atoms with Crippen LogP contribution in [0.4, 0.5) is 5.69 Å². The third-order valence-corrected chi connectivity index (χ3v) is 4.10. The standard InChI is InChI=1S/C10H16N2O2S/c1-3-9-15(13,14)12(4-2)10-5-7-11-8-6-10/h5-8H,3-4,9H2,1-2H3. The van der Waals surface area contributed by atoms with Gasteiger partial charge < -0.3 is 0 Å². The lowest BCUT2D eigenvalue weighted by Gasteiger charge is -2.22. The molecule has 0 unspecified atom stereocenters. The van der Waals surface area contributed by atoms with Crippen molar-refractivity contribution in [2.45, 2.75) is 20.3 Å². The average Bonchev–Trinajstić information content (AvgIpc) is 2.19. The molecule has 1 aromatic heterocycles. The average molecular weight is 228 g/mol. The Labute approximate surface area is 91.0 Å². The SMILES string of the molecule is CCCS(=O)(=O)N(CC)c1ccncc1. The quantitative estimate of drug-likeness (QED) is 0.770. The van der Waals surface area contributed by atoms with Crippen molar-refractivity contribution in [1.29, 1.82) is 0 Å². The van der Waals surface area contributed by atoms with Crippen LogP contribution in [-0.2, 0) is 10.0 Å². The molecule has 0 aromatic carbocycles. The minimum atomic E-state index is -3.17. The van der Waals surface area contributed by atoms with E-state index in [2.05, 4.69) is 4.98 Å². The van der Waals surface area contributed by atoms with Crippen LogP contribution in [0.2, 0.25) is 0 Å². The van der Waals surface area contributed by atoms with E-state index in [-0.39, 0.29) is 5.75 Å². The van der Waals surface area contributed by atoms with Crippen LogP contribution in [-0.4, -0.2) is 25.7 Å². The molecule has 0 spiro atoms. The number of sulfonamides is 1. The number of rotatable bonds is 5. The van der Waals surface area contributed by atoms with Crippen molar-refractivity contribution in [3.63, 3.8) is 0 Å². The molecule has 1 heterocycles. The maximum atomic E-state index is 11.9. The predicted molar refractivity (Wildman–Crippen MR) is 61.3 cm³/mol. The summed E-state index contributed by atoms with van der Waals surface area (Å²) >= 11 is 0. The summed E-state index contributed by atoms with van der Waals surface area (Å²) < 4.78 is 25.2. The molecule has 0 N–H and O–H groups in total. The van der Waals surface area contributed by atoms with Crippen LogP contribution in [0, 0.1) is 0 Å².